The first-order valence-corrected chi connectivity index (χ1v) is 7.75. The number of rotatable bonds is 7. The lowest BCUT2D eigenvalue weighted by Gasteiger charge is -2.21. The average Bonchev–Trinajstić information content (AvgIpc) is 2.48. The summed E-state index contributed by atoms with van der Waals surface area (Å²) in [5.41, 5.74) is 0.610. The van der Waals surface area contributed by atoms with Crippen LogP contribution in [0.25, 0.3) is 0 Å². The lowest BCUT2D eigenvalue weighted by molar-refractivity contribution is 0.0980. The van der Waals surface area contributed by atoms with Crippen LogP contribution in [0.15, 0.2) is 24.3 Å². The number of hydrogen-bond acceptors (Lipinski definition) is 2. The Morgan fingerprint density at radius 3 is 2.48 bits per heavy atom. The molecular formula is C17H25ClFNO. The zero-order valence-electron chi connectivity index (χ0n) is 12.4. The molecule has 1 aromatic carbocycles. The number of ketones is 1. The maximum atomic E-state index is 12.8. The van der Waals surface area contributed by atoms with Crippen LogP contribution in [0.4, 0.5) is 4.39 Å². The predicted octanol–water partition coefficient (Wildman–Crippen LogP) is 4.38. The molecule has 1 saturated carbocycles. The van der Waals surface area contributed by atoms with Crippen LogP contribution in [-0.2, 0) is 0 Å². The highest BCUT2D eigenvalue weighted by Crippen LogP contribution is 2.22. The van der Waals surface area contributed by atoms with Crippen molar-refractivity contribution < 1.29 is 9.18 Å². The van der Waals surface area contributed by atoms with Gasteiger partial charge in [-0.2, -0.15) is 0 Å². The van der Waals surface area contributed by atoms with Gasteiger partial charge in [0, 0.05) is 12.0 Å². The minimum Gasteiger partial charge on any atom is -0.316 e. The highest BCUT2D eigenvalue weighted by atomic mass is 35.5. The molecule has 0 bridgehead atoms. The first-order valence-electron chi connectivity index (χ1n) is 7.75. The van der Waals surface area contributed by atoms with Crippen LogP contribution in [-0.4, -0.2) is 18.9 Å². The van der Waals surface area contributed by atoms with Crippen molar-refractivity contribution in [2.24, 2.45) is 5.92 Å². The van der Waals surface area contributed by atoms with Gasteiger partial charge in [-0.25, -0.2) is 4.39 Å². The Kier molecular flexibility index (Phi) is 8.55. The van der Waals surface area contributed by atoms with Crippen LogP contribution in [0.1, 0.15) is 55.3 Å². The predicted molar refractivity (Wildman–Crippen MR) is 86.7 cm³/mol. The Balaban J connectivity index is 0.00000220. The average molecular weight is 314 g/mol. The van der Waals surface area contributed by atoms with Crippen LogP contribution in [0, 0.1) is 11.7 Å². The lowest BCUT2D eigenvalue weighted by atomic mass is 9.89. The summed E-state index contributed by atoms with van der Waals surface area (Å²) in [5, 5.41) is 3.46. The molecule has 1 N–H and O–H groups in total. The van der Waals surface area contributed by atoms with Gasteiger partial charge in [-0.3, -0.25) is 4.79 Å². The molecule has 0 unspecified atom stereocenters. The highest BCUT2D eigenvalue weighted by Gasteiger charge is 2.12. The largest absolute Gasteiger partial charge is 0.316 e. The Labute approximate surface area is 132 Å². The number of hydrogen-bond donors (Lipinski definition) is 1. The van der Waals surface area contributed by atoms with Crippen LogP contribution in [0.3, 0.4) is 0 Å². The van der Waals surface area contributed by atoms with Crippen molar-refractivity contribution in [1.82, 2.24) is 5.32 Å². The third-order valence-electron chi connectivity index (χ3n) is 4.08. The summed E-state index contributed by atoms with van der Waals surface area (Å²) in [6.07, 6.45) is 8.21. The Bertz CT molecular complexity index is 415. The Morgan fingerprint density at radius 2 is 1.81 bits per heavy atom. The quantitative estimate of drug-likeness (QED) is 0.598. The second-order valence-electron chi connectivity index (χ2n) is 5.74. The van der Waals surface area contributed by atoms with E-state index >= 15 is 0 Å². The monoisotopic (exact) mass is 313 g/mol. The Hall–Kier alpha value is -0.930. The van der Waals surface area contributed by atoms with Crippen LogP contribution >= 0.6 is 12.4 Å². The summed E-state index contributed by atoms with van der Waals surface area (Å²) >= 11 is 0. The summed E-state index contributed by atoms with van der Waals surface area (Å²) in [6.45, 7) is 1.98. The van der Waals surface area contributed by atoms with Crippen LogP contribution in [0.5, 0.6) is 0 Å². The molecule has 0 amide bonds. The fraction of sp³-hybridized carbons (Fsp3) is 0.588. The topological polar surface area (TPSA) is 29.1 Å². The number of benzene rings is 1. The summed E-state index contributed by atoms with van der Waals surface area (Å²) in [7, 11) is 0. The van der Waals surface area contributed by atoms with Gasteiger partial charge in [0.25, 0.3) is 0 Å². The molecule has 0 aromatic heterocycles. The first kappa shape index (κ1) is 18.1. The van der Waals surface area contributed by atoms with Crippen molar-refractivity contribution >= 4 is 18.2 Å². The third-order valence-corrected chi connectivity index (χ3v) is 4.08. The second kappa shape index (κ2) is 9.91. The van der Waals surface area contributed by atoms with E-state index in [0.717, 1.165) is 25.4 Å². The van der Waals surface area contributed by atoms with Crippen molar-refractivity contribution in [3.8, 4) is 0 Å². The first-order chi connectivity index (χ1) is 9.75. The van der Waals surface area contributed by atoms with E-state index in [9.17, 15) is 9.18 Å². The molecule has 21 heavy (non-hydrogen) atoms. The minimum atomic E-state index is -0.296. The number of carbonyl (C=O) groups excluding carboxylic acids is 1. The summed E-state index contributed by atoms with van der Waals surface area (Å²) < 4.78 is 12.8. The molecule has 0 atom stereocenters. The van der Waals surface area contributed by atoms with Crippen molar-refractivity contribution in [2.75, 3.05) is 13.1 Å². The van der Waals surface area contributed by atoms with Crippen molar-refractivity contribution in [3.63, 3.8) is 0 Å². The van der Waals surface area contributed by atoms with E-state index in [1.807, 2.05) is 0 Å². The van der Waals surface area contributed by atoms with Gasteiger partial charge in [-0.05, 0) is 62.5 Å². The third kappa shape index (κ3) is 6.58. The zero-order valence-corrected chi connectivity index (χ0v) is 13.3. The van der Waals surface area contributed by atoms with Crippen LogP contribution in [0.2, 0.25) is 0 Å². The van der Waals surface area contributed by atoms with Gasteiger partial charge in [0.05, 0.1) is 0 Å². The number of Topliss-reactive ketones (excluding diaryl/α,β-unsaturated/α-hetero) is 1. The molecular weight excluding hydrogens is 289 g/mol. The van der Waals surface area contributed by atoms with Crippen molar-refractivity contribution in [3.05, 3.63) is 35.6 Å². The molecule has 0 aliphatic heterocycles. The molecule has 4 heteroatoms. The van der Waals surface area contributed by atoms with E-state index in [-0.39, 0.29) is 24.0 Å². The number of halogens is 2. The molecule has 1 fully saturated rings. The van der Waals surface area contributed by atoms with Gasteiger partial charge in [-0.1, -0.05) is 19.3 Å². The molecule has 1 aromatic rings. The highest BCUT2D eigenvalue weighted by molar-refractivity contribution is 5.95. The minimum absolute atomic E-state index is 0. The molecule has 118 valence electrons. The smallest absolute Gasteiger partial charge is 0.162 e. The van der Waals surface area contributed by atoms with E-state index in [0.29, 0.717) is 12.0 Å². The molecule has 1 aliphatic carbocycles. The summed E-state index contributed by atoms with van der Waals surface area (Å²) in [6, 6.07) is 5.81. The van der Waals surface area contributed by atoms with Gasteiger partial charge in [0.15, 0.2) is 5.78 Å². The molecule has 1 aliphatic rings. The van der Waals surface area contributed by atoms with Gasteiger partial charge in [0.2, 0.25) is 0 Å². The second-order valence-corrected chi connectivity index (χ2v) is 5.74. The van der Waals surface area contributed by atoms with E-state index in [1.165, 1.54) is 44.2 Å². The van der Waals surface area contributed by atoms with Crippen LogP contribution < -0.4 is 5.32 Å². The Morgan fingerprint density at radius 1 is 1.14 bits per heavy atom. The van der Waals surface area contributed by atoms with Gasteiger partial charge >= 0.3 is 0 Å². The molecule has 0 radical (unpaired) electrons. The summed E-state index contributed by atoms with van der Waals surface area (Å²) in [5.74, 6) is 0.636. The maximum Gasteiger partial charge on any atom is 0.162 e. The molecule has 2 nitrogen and oxygen atoms in total. The summed E-state index contributed by atoms with van der Waals surface area (Å²) in [4.78, 5) is 11.9. The normalized spacial score (nSPS) is 15.5. The fourth-order valence-electron chi connectivity index (χ4n) is 2.85. The van der Waals surface area contributed by atoms with E-state index in [2.05, 4.69) is 5.32 Å². The van der Waals surface area contributed by atoms with E-state index < -0.39 is 0 Å². The standard InChI is InChI=1S/C17H24FNO.ClH/c18-16-10-8-15(9-11-16)17(20)7-4-12-19-13-14-5-2-1-3-6-14;/h8-11,14,19H,1-7,12-13H2;1H. The van der Waals surface area contributed by atoms with Crippen molar-refractivity contribution in [1.29, 1.82) is 0 Å². The fourth-order valence-corrected chi connectivity index (χ4v) is 2.85. The SMILES string of the molecule is Cl.O=C(CCCNCC1CCCCC1)c1ccc(F)cc1. The lowest BCUT2D eigenvalue weighted by Crippen LogP contribution is -2.25. The molecule has 0 spiro atoms. The van der Waals surface area contributed by atoms with Gasteiger partial charge in [-0.15, -0.1) is 12.4 Å². The van der Waals surface area contributed by atoms with Gasteiger partial charge < -0.3 is 5.32 Å². The van der Waals surface area contributed by atoms with E-state index in [4.69, 9.17) is 0 Å². The zero-order chi connectivity index (χ0) is 14.2. The number of nitrogens with one attached hydrogen (secondary N) is 1. The maximum absolute atomic E-state index is 12.8. The van der Waals surface area contributed by atoms with Crippen molar-refractivity contribution in [2.45, 2.75) is 44.9 Å². The van der Waals surface area contributed by atoms with Gasteiger partial charge in [0.1, 0.15) is 5.82 Å². The molecule has 0 heterocycles. The molecule has 2 rings (SSSR count). The molecule has 0 saturated heterocycles. The van der Waals surface area contributed by atoms with E-state index in [1.54, 1.807) is 12.1 Å². The number of carbonyl (C=O) groups is 1.